The Hall–Kier alpha value is -2.11. The first kappa shape index (κ1) is 12.3. The monoisotopic (exact) mass is 249 g/mol. The lowest BCUT2D eigenvalue weighted by Crippen LogP contribution is -2.48. The van der Waals surface area contributed by atoms with E-state index in [1.165, 1.54) is 17.2 Å². The van der Waals surface area contributed by atoms with Crippen LogP contribution in [0.1, 0.15) is 29.8 Å². The van der Waals surface area contributed by atoms with E-state index >= 15 is 0 Å². The summed E-state index contributed by atoms with van der Waals surface area (Å²) in [6.07, 6.45) is 3.55. The van der Waals surface area contributed by atoms with E-state index in [1.807, 2.05) is 0 Å². The minimum Gasteiger partial charge on any atom is -0.480 e. The summed E-state index contributed by atoms with van der Waals surface area (Å²) < 4.78 is 0. The Balaban J connectivity index is 2.20. The number of carbonyl (C=O) groups excluding carboxylic acids is 1. The number of piperidine rings is 1. The van der Waals surface area contributed by atoms with Crippen molar-refractivity contribution in [2.24, 2.45) is 0 Å². The summed E-state index contributed by atoms with van der Waals surface area (Å²) >= 11 is 0. The molecule has 1 amide bonds. The lowest BCUT2D eigenvalue weighted by molar-refractivity contribution is -0.143. The number of amides is 1. The van der Waals surface area contributed by atoms with Crippen LogP contribution in [0.15, 0.2) is 18.3 Å². The Kier molecular flexibility index (Phi) is 3.45. The molecule has 0 bridgehead atoms. The van der Waals surface area contributed by atoms with Crippen LogP contribution >= 0.6 is 0 Å². The fourth-order valence-corrected chi connectivity index (χ4v) is 2.11. The Bertz CT molecular complexity index is 458. The first-order chi connectivity index (χ1) is 8.59. The second-order valence-electron chi connectivity index (χ2n) is 4.33. The highest BCUT2D eigenvalue weighted by Gasteiger charge is 2.32. The molecule has 1 saturated heterocycles. The lowest BCUT2D eigenvalue weighted by Gasteiger charge is -2.32. The second kappa shape index (κ2) is 5.03. The molecule has 6 heteroatoms. The number of carbonyl (C=O) groups is 2. The van der Waals surface area contributed by atoms with Crippen LogP contribution in [-0.4, -0.2) is 39.5 Å². The van der Waals surface area contributed by atoms with Crippen molar-refractivity contribution in [2.75, 3.05) is 12.3 Å². The molecule has 1 fully saturated rings. The molecular weight excluding hydrogens is 234 g/mol. The minimum atomic E-state index is -0.960. The molecule has 2 heterocycles. The van der Waals surface area contributed by atoms with Crippen molar-refractivity contribution in [3.8, 4) is 0 Å². The molecule has 6 nitrogen and oxygen atoms in total. The Labute approximate surface area is 104 Å². The third kappa shape index (κ3) is 2.42. The van der Waals surface area contributed by atoms with Gasteiger partial charge in [0.25, 0.3) is 5.91 Å². The Morgan fingerprint density at radius 1 is 1.39 bits per heavy atom. The van der Waals surface area contributed by atoms with Gasteiger partial charge in [-0.25, -0.2) is 9.78 Å². The van der Waals surface area contributed by atoms with Crippen molar-refractivity contribution >= 4 is 17.6 Å². The summed E-state index contributed by atoms with van der Waals surface area (Å²) in [6, 6.07) is 2.36. The van der Waals surface area contributed by atoms with E-state index in [2.05, 4.69) is 4.98 Å². The van der Waals surface area contributed by atoms with Crippen LogP contribution in [-0.2, 0) is 4.79 Å². The van der Waals surface area contributed by atoms with E-state index in [0.717, 1.165) is 12.8 Å². The normalized spacial score (nSPS) is 19.6. The maximum absolute atomic E-state index is 12.2. The molecule has 18 heavy (non-hydrogen) atoms. The molecular formula is C12H15N3O3. The standard InChI is InChI=1S/C12H15N3O3/c13-8-4-5-9(14-7-8)11(16)15-6-2-1-3-10(15)12(17)18/h4-5,7,10H,1-3,6,13H2,(H,17,18). The highest BCUT2D eigenvalue weighted by Crippen LogP contribution is 2.19. The predicted octanol–water partition coefficient (Wildman–Crippen LogP) is 0.743. The topological polar surface area (TPSA) is 96.5 Å². The number of likely N-dealkylation sites (tertiary alicyclic amines) is 1. The van der Waals surface area contributed by atoms with E-state index in [-0.39, 0.29) is 11.6 Å². The molecule has 0 radical (unpaired) electrons. The summed E-state index contributed by atoms with van der Waals surface area (Å²) in [5.41, 5.74) is 6.21. The molecule has 1 aromatic heterocycles. The number of anilines is 1. The van der Waals surface area contributed by atoms with Gasteiger partial charge < -0.3 is 15.7 Å². The number of nitrogens with two attached hydrogens (primary N) is 1. The van der Waals surface area contributed by atoms with Crippen LogP contribution in [0, 0.1) is 0 Å². The van der Waals surface area contributed by atoms with Crippen LogP contribution in [0.25, 0.3) is 0 Å². The number of nitrogens with zero attached hydrogens (tertiary/aromatic N) is 2. The number of rotatable bonds is 2. The molecule has 0 saturated carbocycles. The third-order valence-electron chi connectivity index (χ3n) is 3.05. The molecule has 1 unspecified atom stereocenters. The largest absolute Gasteiger partial charge is 0.480 e. The highest BCUT2D eigenvalue weighted by atomic mass is 16.4. The predicted molar refractivity (Wildman–Crippen MR) is 65.0 cm³/mol. The maximum atomic E-state index is 12.2. The van der Waals surface area contributed by atoms with E-state index < -0.39 is 12.0 Å². The molecule has 1 atom stereocenters. The van der Waals surface area contributed by atoms with E-state index in [0.29, 0.717) is 18.7 Å². The molecule has 0 aromatic carbocycles. The van der Waals surface area contributed by atoms with Gasteiger partial charge in [-0.05, 0) is 31.4 Å². The zero-order chi connectivity index (χ0) is 13.1. The zero-order valence-electron chi connectivity index (χ0n) is 9.87. The number of aromatic nitrogens is 1. The van der Waals surface area contributed by atoms with E-state index in [4.69, 9.17) is 10.8 Å². The Morgan fingerprint density at radius 2 is 2.17 bits per heavy atom. The molecule has 2 rings (SSSR count). The van der Waals surface area contributed by atoms with Crippen molar-refractivity contribution in [1.82, 2.24) is 9.88 Å². The minimum absolute atomic E-state index is 0.234. The van der Waals surface area contributed by atoms with Crippen LogP contribution in [0.4, 0.5) is 5.69 Å². The SMILES string of the molecule is Nc1ccc(C(=O)N2CCCCC2C(=O)O)nc1. The fourth-order valence-electron chi connectivity index (χ4n) is 2.11. The number of pyridine rings is 1. The van der Waals surface area contributed by atoms with Crippen LogP contribution in [0.3, 0.4) is 0 Å². The van der Waals surface area contributed by atoms with Crippen LogP contribution in [0.5, 0.6) is 0 Å². The smallest absolute Gasteiger partial charge is 0.326 e. The van der Waals surface area contributed by atoms with E-state index in [1.54, 1.807) is 6.07 Å². The first-order valence-corrected chi connectivity index (χ1v) is 5.85. The zero-order valence-corrected chi connectivity index (χ0v) is 9.87. The van der Waals surface area contributed by atoms with Gasteiger partial charge in [-0.15, -0.1) is 0 Å². The van der Waals surface area contributed by atoms with Crippen LogP contribution < -0.4 is 5.73 Å². The van der Waals surface area contributed by atoms with Crippen LogP contribution in [0.2, 0.25) is 0 Å². The lowest BCUT2D eigenvalue weighted by atomic mass is 10.0. The summed E-state index contributed by atoms with van der Waals surface area (Å²) in [7, 11) is 0. The van der Waals surface area contributed by atoms with Gasteiger partial charge in [0.15, 0.2) is 0 Å². The molecule has 96 valence electrons. The van der Waals surface area contributed by atoms with E-state index in [9.17, 15) is 9.59 Å². The van der Waals surface area contributed by atoms with Crippen molar-refractivity contribution in [3.63, 3.8) is 0 Å². The van der Waals surface area contributed by atoms with Gasteiger partial charge in [0.05, 0.1) is 11.9 Å². The molecule has 3 N–H and O–H groups in total. The van der Waals surface area contributed by atoms with Crippen molar-refractivity contribution in [1.29, 1.82) is 0 Å². The van der Waals surface area contributed by atoms with Gasteiger partial charge in [0, 0.05) is 6.54 Å². The van der Waals surface area contributed by atoms with Gasteiger partial charge >= 0.3 is 5.97 Å². The third-order valence-corrected chi connectivity index (χ3v) is 3.05. The van der Waals surface area contributed by atoms with Gasteiger partial charge in [-0.2, -0.15) is 0 Å². The number of nitrogen functional groups attached to an aromatic ring is 1. The number of hydrogen-bond acceptors (Lipinski definition) is 4. The summed E-state index contributed by atoms with van der Waals surface area (Å²) in [6.45, 7) is 0.460. The summed E-state index contributed by atoms with van der Waals surface area (Å²) in [5, 5.41) is 9.11. The molecule has 1 aromatic rings. The summed E-state index contributed by atoms with van der Waals surface area (Å²) in [4.78, 5) is 28.6. The maximum Gasteiger partial charge on any atom is 0.326 e. The Morgan fingerprint density at radius 3 is 2.78 bits per heavy atom. The number of carboxylic acids is 1. The fraction of sp³-hybridized carbons (Fsp3) is 0.417. The molecule has 0 aliphatic carbocycles. The van der Waals surface area contributed by atoms with Crippen molar-refractivity contribution in [3.05, 3.63) is 24.0 Å². The summed E-state index contributed by atoms with van der Waals surface area (Å²) in [5.74, 6) is -1.31. The number of aliphatic carboxylic acids is 1. The molecule has 1 aliphatic rings. The van der Waals surface area contributed by atoms with Gasteiger partial charge in [0.2, 0.25) is 0 Å². The van der Waals surface area contributed by atoms with Gasteiger partial charge in [-0.1, -0.05) is 0 Å². The van der Waals surface area contributed by atoms with Crippen molar-refractivity contribution in [2.45, 2.75) is 25.3 Å². The first-order valence-electron chi connectivity index (χ1n) is 5.85. The number of carboxylic acid groups (broad SMARTS) is 1. The van der Waals surface area contributed by atoms with Crippen molar-refractivity contribution < 1.29 is 14.7 Å². The number of hydrogen-bond donors (Lipinski definition) is 2. The average molecular weight is 249 g/mol. The highest BCUT2D eigenvalue weighted by molar-refractivity contribution is 5.95. The molecule has 1 aliphatic heterocycles. The van der Waals surface area contributed by atoms with Gasteiger partial charge in [0.1, 0.15) is 11.7 Å². The van der Waals surface area contributed by atoms with Gasteiger partial charge in [-0.3, -0.25) is 4.79 Å². The second-order valence-corrected chi connectivity index (χ2v) is 4.33. The quantitative estimate of drug-likeness (QED) is 0.805. The average Bonchev–Trinajstić information content (AvgIpc) is 2.39. The molecule has 0 spiro atoms.